The first-order valence-electron chi connectivity index (χ1n) is 9.27. The fraction of sp³-hybridized carbons (Fsp3) is 0.550. The SMILES string of the molecule is CC(N)=C(C#N)C(=O)COC(=O)C(CC(C)C)N1C(=O)C2CC=CCC2C1=O. The lowest BCUT2D eigenvalue weighted by Gasteiger charge is -2.26. The van der Waals surface area contributed by atoms with Gasteiger partial charge in [0, 0.05) is 5.70 Å². The van der Waals surface area contributed by atoms with Gasteiger partial charge in [0.2, 0.25) is 17.6 Å². The zero-order valence-corrected chi connectivity index (χ0v) is 16.3. The van der Waals surface area contributed by atoms with E-state index in [9.17, 15) is 19.2 Å². The number of ether oxygens (including phenoxy) is 1. The predicted octanol–water partition coefficient (Wildman–Crippen LogP) is 1.22. The van der Waals surface area contributed by atoms with Gasteiger partial charge in [-0.05, 0) is 32.1 Å². The average Bonchev–Trinajstić information content (AvgIpc) is 2.89. The van der Waals surface area contributed by atoms with Gasteiger partial charge in [-0.25, -0.2) is 4.79 Å². The molecule has 0 aromatic rings. The Morgan fingerprint density at radius 1 is 1.25 bits per heavy atom. The molecule has 0 radical (unpaired) electrons. The van der Waals surface area contributed by atoms with Gasteiger partial charge in [0.15, 0.2) is 6.61 Å². The topological polar surface area (TPSA) is 131 Å². The van der Waals surface area contributed by atoms with Gasteiger partial charge in [0.1, 0.15) is 17.7 Å². The molecule has 2 amide bonds. The summed E-state index contributed by atoms with van der Waals surface area (Å²) < 4.78 is 5.07. The lowest BCUT2D eigenvalue weighted by Crippen LogP contribution is -2.47. The normalized spacial score (nSPS) is 23.2. The van der Waals surface area contributed by atoms with Crippen LogP contribution in [0.2, 0.25) is 0 Å². The molecule has 1 saturated heterocycles. The van der Waals surface area contributed by atoms with E-state index in [4.69, 9.17) is 15.7 Å². The summed E-state index contributed by atoms with van der Waals surface area (Å²) in [7, 11) is 0. The Bertz CT molecular complexity index is 760. The van der Waals surface area contributed by atoms with Crippen molar-refractivity contribution in [3.8, 4) is 6.07 Å². The van der Waals surface area contributed by atoms with Crippen LogP contribution in [-0.4, -0.2) is 41.1 Å². The quantitative estimate of drug-likeness (QED) is 0.228. The van der Waals surface area contributed by atoms with E-state index >= 15 is 0 Å². The van der Waals surface area contributed by atoms with Crippen LogP contribution in [0.3, 0.4) is 0 Å². The van der Waals surface area contributed by atoms with E-state index in [1.54, 1.807) is 6.07 Å². The minimum absolute atomic E-state index is 0.00968. The maximum absolute atomic E-state index is 12.8. The molecule has 2 aliphatic rings. The van der Waals surface area contributed by atoms with Gasteiger partial charge in [-0.3, -0.25) is 19.3 Å². The van der Waals surface area contributed by atoms with Crippen LogP contribution in [0.25, 0.3) is 0 Å². The van der Waals surface area contributed by atoms with Crippen LogP contribution in [0.15, 0.2) is 23.4 Å². The van der Waals surface area contributed by atoms with Crippen LogP contribution in [0.1, 0.15) is 40.0 Å². The molecule has 0 aromatic carbocycles. The van der Waals surface area contributed by atoms with Crippen LogP contribution in [-0.2, 0) is 23.9 Å². The minimum atomic E-state index is -1.09. The van der Waals surface area contributed by atoms with Crippen molar-refractivity contribution < 1.29 is 23.9 Å². The number of hydrogen-bond acceptors (Lipinski definition) is 7. The van der Waals surface area contributed by atoms with Crippen LogP contribution in [0.4, 0.5) is 0 Å². The lowest BCUT2D eigenvalue weighted by atomic mass is 9.85. The summed E-state index contributed by atoms with van der Waals surface area (Å²) in [5.41, 5.74) is 5.23. The standard InChI is InChI=1S/C20H25N3O5/c1-11(2)8-16(20(27)28-10-17(24)15(9-21)12(3)22)23-18(25)13-6-4-5-7-14(13)19(23)26/h4-5,11,13-14,16H,6-8,10,22H2,1-3H3. The minimum Gasteiger partial charge on any atom is -0.456 e. The predicted molar refractivity (Wildman–Crippen MR) is 98.9 cm³/mol. The van der Waals surface area contributed by atoms with E-state index in [1.165, 1.54) is 6.92 Å². The van der Waals surface area contributed by atoms with Gasteiger partial charge in [0.05, 0.1) is 11.8 Å². The van der Waals surface area contributed by atoms with E-state index < -0.39 is 36.2 Å². The number of rotatable bonds is 7. The second-order valence-corrected chi connectivity index (χ2v) is 7.55. The number of carbonyl (C=O) groups is 4. The number of nitrogens with two attached hydrogens (primary N) is 1. The molecule has 2 rings (SSSR count). The number of hydrogen-bond donors (Lipinski definition) is 1. The number of esters is 1. The Labute approximate surface area is 164 Å². The van der Waals surface area contributed by atoms with E-state index in [0.29, 0.717) is 12.8 Å². The van der Waals surface area contributed by atoms with E-state index in [-0.39, 0.29) is 35.4 Å². The highest BCUT2D eigenvalue weighted by molar-refractivity contribution is 6.08. The fourth-order valence-electron chi connectivity index (χ4n) is 3.56. The third-order valence-corrected chi connectivity index (χ3v) is 4.95. The highest BCUT2D eigenvalue weighted by Crippen LogP contribution is 2.37. The number of carbonyl (C=O) groups excluding carboxylic acids is 4. The molecule has 3 atom stereocenters. The van der Waals surface area contributed by atoms with Crippen molar-refractivity contribution in [2.24, 2.45) is 23.5 Å². The Morgan fingerprint density at radius 3 is 2.21 bits per heavy atom. The zero-order chi connectivity index (χ0) is 21.0. The smallest absolute Gasteiger partial charge is 0.329 e. The lowest BCUT2D eigenvalue weighted by molar-refractivity contribution is -0.160. The van der Waals surface area contributed by atoms with Gasteiger partial charge < -0.3 is 10.5 Å². The largest absolute Gasteiger partial charge is 0.456 e. The molecule has 2 N–H and O–H groups in total. The van der Waals surface area contributed by atoms with Crippen LogP contribution < -0.4 is 5.73 Å². The Morgan fingerprint density at radius 2 is 1.79 bits per heavy atom. The number of ketones is 1. The van der Waals surface area contributed by atoms with Crippen molar-refractivity contribution in [3.05, 3.63) is 23.4 Å². The number of Topliss-reactive ketones (excluding diaryl/α,β-unsaturated/α-hetero) is 1. The molecular formula is C20H25N3O5. The molecule has 8 nitrogen and oxygen atoms in total. The molecule has 1 heterocycles. The summed E-state index contributed by atoms with van der Waals surface area (Å²) in [6.45, 7) is 4.45. The third-order valence-electron chi connectivity index (χ3n) is 4.95. The Hall–Kier alpha value is -2.95. The number of nitriles is 1. The molecule has 1 fully saturated rings. The Kier molecular flexibility index (Phi) is 6.73. The summed E-state index contributed by atoms with van der Waals surface area (Å²) in [6, 6.07) is 0.587. The second-order valence-electron chi connectivity index (χ2n) is 7.55. The van der Waals surface area contributed by atoms with E-state index in [2.05, 4.69) is 0 Å². The fourth-order valence-corrected chi connectivity index (χ4v) is 3.56. The molecule has 0 saturated carbocycles. The van der Waals surface area contributed by atoms with Crippen LogP contribution in [0, 0.1) is 29.1 Å². The number of amides is 2. The van der Waals surface area contributed by atoms with Crippen molar-refractivity contribution in [2.45, 2.75) is 46.1 Å². The zero-order valence-electron chi connectivity index (χ0n) is 16.3. The van der Waals surface area contributed by atoms with Gasteiger partial charge in [0.25, 0.3) is 0 Å². The molecule has 1 aliphatic carbocycles. The molecule has 28 heavy (non-hydrogen) atoms. The van der Waals surface area contributed by atoms with Crippen LogP contribution >= 0.6 is 0 Å². The number of imide groups is 1. The first-order valence-corrected chi connectivity index (χ1v) is 9.27. The maximum atomic E-state index is 12.8. The summed E-state index contributed by atoms with van der Waals surface area (Å²) in [4.78, 5) is 51.3. The first kappa shape index (κ1) is 21.4. The Balaban J connectivity index is 2.17. The van der Waals surface area contributed by atoms with Gasteiger partial charge in [-0.15, -0.1) is 0 Å². The molecule has 150 valence electrons. The summed E-state index contributed by atoms with van der Waals surface area (Å²) in [5, 5.41) is 8.97. The number of fused-ring (bicyclic) bond motifs is 1. The van der Waals surface area contributed by atoms with Crippen LogP contribution in [0.5, 0.6) is 0 Å². The summed E-state index contributed by atoms with van der Waals surface area (Å²) in [5.74, 6) is -3.19. The van der Waals surface area contributed by atoms with Crippen molar-refractivity contribution >= 4 is 23.6 Å². The van der Waals surface area contributed by atoms with Crippen molar-refractivity contribution in [2.75, 3.05) is 6.61 Å². The van der Waals surface area contributed by atoms with E-state index in [1.807, 2.05) is 26.0 Å². The summed E-state index contributed by atoms with van der Waals surface area (Å²) >= 11 is 0. The summed E-state index contributed by atoms with van der Waals surface area (Å²) in [6.07, 6.45) is 4.91. The second kappa shape index (κ2) is 8.83. The average molecular weight is 387 g/mol. The highest BCUT2D eigenvalue weighted by atomic mass is 16.5. The monoisotopic (exact) mass is 387 g/mol. The third kappa shape index (κ3) is 4.30. The molecule has 0 aromatic heterocycles. The molecule has 1 aliphatic heterocycles. The van der Waals surface area contributed by atoms with Crippen molar-refractivity contribution in [3.63, 3.8) is 0 Å². The van der Waals surface area contributed by atoms with Gasteiger partial charge in [-0.1, -0.05) is 26.0 Å². The first-order chi connectivity index (χ1) is 13.2. The molecule has 0 bridgehead atoms. The number of allylic oxidation sites excluding steroid dienone is 3. The van der Waals surface area contributed by atoms with Gasteiger partial charge in [-0.2, -0.15) is 5.26 Å². The molecule has 0 spiro atoms. The molecule has 3 unspecified atom stereocenters. The van der Waals surface area contributed by atoms with Crippen molar-refractivity contribution in [1.29, 1.82) is 5.26 Å². The van der Waals surface area contributed by atoms with Crippen molar-refractivity contribution in [1.82, 2.24) is 4.90 Å². The van der Waals surface area contributed by atoms with Gasteiger partial charge >= 0.3 is 5.97 Å². The molecule has 8 heteroatoms. The number of likely N-dealkylation sites (tertiary alicyclic amines) is 1. The van der Waals surface area contributed by atoms with E-state index in [0.717, 1.165) is 4.90 Å². The maximum Gasteiger partial charge on any atom is 0.329 e. The highest BCUT2D eigenvalue weighted by Gasteiger charge is 2.51. The number of nitrogens with zero attached hydrogens (tertiary/aromatic N) is 2. The molecular weight excluding hydrogens is 362 g/mol.